The molecule has 3 unspecified atom stereocenters. The van der Waals surface area contributed by atoms with Crippen LogP contribution in [0.25, 0.3) is 32.3 Å². The number of carbonyl (C=O) groups is 3. The van der Waals surface area contributed by atoms with Crippen molar-refractivity contribution >= 4 is 114 Å². The van der Waals surface area contributed by atoms with E-state index in [2.05, 4.69) is 107 Å². The topological polar surface area (TPSA) is 238 Å². The number of benzene rings is 6. The van der Waals surface area contributed by atoms with Crippen molar-refractivity contribution in [3.8, 4) is 35.5 Å². The van der Waals surface area contributed by atoms with E-state index >= 15 is 0 Å². The van der Waals surface area contributed by atoms with E-state index in [1.165, 1.54) is 0 Å². The van der Waals surface area contributed by atoms with Gasteiger partial charge in [0.25, 0.3) is 0 Å². The number of carbonyl (C=O) groups excluding carboxylic acids is 3. The molecule has 0 fully saturated rings. The fourth-order valence-corrected chi connectivity index (χ4v) is 11.6. The van der Waals surface area contributed by atoms with Gasteiger partial charge >= 0.3 is 0 Å². The molecule has 0 amide bonds. The predicted molar refractivity (Wildman–Crippen MR) is 398 cm³/mol. The first-order valence-corrected chi connectivity index (χ1v) is 34.0. The van der Waals surface area contributed by atoms with Gasteiger partial charge in [0.15, 0.2) is 17.3 Å². The molecular formula is C78H83Cl4N9O6. The standard InChI is InChI=1S/C26H27Cl2N3O2.2C26H28ClN3O2/c1-3-31(4-2)16-20(32)10-12-25(33)18-8-5-17(6-9-18)7-11-21-22-13-19(27)14-24(28)23(22)15-30-26(21)29;1-3-30(4-2)17-22(31)11-14-25(32)19-8-5-18(6-9-19)7-12-24-23-13-10-21(27)15-20(23)16-29-26(24)28;1-3-30(4-2)17-20(31)13-15-25(32)19-11-8-18(9-12-19)10-14-22-21-6-5-7-24(27)23(21)16-29-26(22)28/h5-6,8-9,13-15,20,32H,3-4,10,12,16H2,1-2H3,(H2,29,30);5-6,8-10,13,15-16,22,31H,3-4,11,14,17H2,1-2H3,(H2,28,29);5-9,11-12,16,20,31H,3-4,13,15,17H2,1-2H3,(H2,28,29). The third-order valence-electron chi connectivity index (χ3n) is 16.6. The van der Waals surface area contributed by atoms with Gasteiger partial charge in [-0.25, -0.2) is 15.0 Å². The van der Waals surface area contributed by atoms with E-state index in [-0.39, 0.29) is 17.3 Å². The lowest BCUT2D eigenvalue weighted by molar-refractivity contribution is 0.0874. The second-order valence-corrected chi connectivity index (χ2v) is 24.8. The average molecular weight is 1380 g/mol. The predicted octanol–water partition coefficient (Wildman–Crippen LogP) is 14.3. The van der Waals surface area contributed by atoms with Gasteiger partial charge in [0.2, 0.25) is 0 Å². The van der Waals surface area contributed by atoms with Crippen LogP contribution in [0, 0.1) is 35.5 Å². The zero-order valence-electron chi connectivity index (χ0n) is 55.6. The van der Waals surface area contributed by atoms with Crippen molar-refractivity contribution in [2.75, 3.05) is 76.1 Å². The van der Waals surface area contributed by atoms with Gasteiger partial charge < -0.3 is 47.2 Å². The Kier molecular flexibility index (Phi) is 29.7. The summed E-state index contributed by atoms with van der Waals surface area (Å²) in [5.41, 5.74) is 24.1. The molecule has 0 aliphatic heterocycles. The number of anilines is 3. The fraction of sp³-hybridized carbons (Fsp3) is 0.308. The molecule has 3 aromatic heterocycles. The zero-order chi connectivity index (χ0) is 70.1. The minimum Gasteiger partial charge on any atom is -0.392 e. The number of fused-ring (bicyclic) bond motifs is 3. The smallest absolute Gasteiger partial charge is 0.162 e. The molecule has 9 rings (SSSR count). The zero-order valence-corrected chi connectivity index (χ0v) is 58.6. The third kappa shape index (κ3) is 22.3. The third-order valence-corrected chi connectivity index (χ3v) is 17.7. The monoisotopic (exact) mass is 1380 g/mol. The maximum Gasteiger partial charge on any atom is 0.162 e. The highest BCUT2D eigenvalue weighted by molar-refractivity contribution is 6.39. The summed E-state index contributed by atoms with van der Waals surface area (Å²) in [4.78, 5) is 56.5. The van der Waals surface area contributed by atoms with Crippen LogP contribution >= 0.6 is 46.4 Å². The van der Waals surface area contributed by atoms with E-state index in [0.717, 1.165) is 88.3 Å². The summed E-state index contributed by atoms with van der Waals surface area (Å²) in [6, 6.07) is 35.9. The maximum atomic E-state index is 12.5. The van der Waals surface area contributed by atoms with Crippen molar-refractivity contribution in [1.29, 1.82) is 0 Å². The maximum absolute atomic E-state index is 12.5. The first-order valence-electron chi connectivity index (χ1n) is 32.5. The first kappa shape index (κ1) is 75.9. The lowest BCUT2D eigenvalue weighted by Gasteiger charge is -2.21. The van der Waals surface area contributed by atoms with Gasteiger partial charge in [-0.2, -0.15) is 0 Å². The molecule has 9 N–H and O–H groups in total. The van der Waals surface area contributed by atoms with Crippen molar-refractivity contribution in [1.82, 2.24) is 29.7 Å². The fourth-order valence-electron chi connectivity index (χ4n) is 10.6. The molecule has 0 spiro atoms. The number of likely N-dealkylation sites (N-methyl/N-ethyl adjacent to an activating group) is 3. The molecule has 3 heterocycles. The Hall–Kier alpha value is -8.44. The summed E-state index contributed by atoms with van der Waals surface area (Å²) in [6.45, 7) is 19.4. The Morgan fingerprint density at radius 3 is 1.15 bits per heavy atom. The van der Waals surface area contributed by atoms with Gasteiger partial charge in [0, 0.05) is 138 Å². The van der Waals surface area contributed by atoms with Crippen LogP contribution in [0.3, 0.4) is 0 Å². The minimum atomic E-state index is -0.513. The van der Waals surface area contributed by atoms with Gasteiger partial charge in [-0.1, -0.05) is 178 Å². The highest BCUT2D eigenvalue weighted by atomic mass is 35.5. The molecule has 0 saturated carbocycles. The summed E-state index contributed by atoms with van der Waals surface area (Å²) in [5, 5.41) is 37.6. The number of hydrogen-bond acceptors (Lipinski definition) is 15. The van der Waals surface area contributed by atoms with Crippen molar-refractivity contribution in [2.24, 2.45) is 0 Å². The number of nitrogens with two attached hydrogens (primary N) is 3. The Bertz CT molecular complexity index is 4380. The molecule has 9 aromatic rings. The molecule has 3 atom stereocenters. The van der Waals surface area contributed by atoms with E-state index in [1.54, 1.807) is 91.4 Å². The van der Waals surface area contributed by atoms with Crippen LogP contribution < -0.4 is 17.2 Å². The number of ketones is 3. The van der Waals surface area contributed by atoms with Crippen LogP contribution in [-0.4, -0.2) is 140 Å². The number of halogens is 4. The van der Waals surface area contributed by atoms with Crippen molar-refractivity contribution in [2.45, 2.75) is 98.4 Å². The number of hydrogen-bond donors (Lipinski definition) is 6. The molecular weight excluding hydrogens is 1300 g/mol. The van der Waals surface area contributed by atoms with Gasteiger partial charge in [-0.15, -0.1) is 0 Å². The van der Waals surface area contributed by atoms with Gasteiger partial charge in [0.05, 0.1) is 40.0 Å². The quantitative estimate of drug-likeness (QED) is 0.0244. The van der Waals surface area contributed by atoms with Gasteiger partial charge in [0.1, 0.15) is 17.5 Å². The molecule has 6 aromatic carbocycles. The molecule has 97 heavy (non-hydrogen) atoms. The normalized spacial score (nSPS) is 11.9. The summed E-state index contributed by atoms with van der Waals surface area (Å²) in [5.74, 6) is 19.6. The molecule has 15 nitrogen and oxygen atoms in total. The van der Waals surface area contributed by atoms with Crippen molar-refractivity contribution in [3.05, 3.63) is 210 Å². The summed E-state index contributed by atoms with van der Waals surface area (Å²) in [7, 11) is 0. The van der Waals surface area contributed by atoms with Crippen LogP contribution in [0.1, 0.15) is 145 Å². The Morgan fingerprint density at radius 2 is 0.763 bits per heavy atom. The molecule has 0 aliphatic rings. The van der Waals surface area contributed by atoms with E-state index in [4.69, 9.17) is 63.6 Å². The number of aliphatic hydroxyl groups is 3. The molecule has 504 valence electrons. The number of rotatable bonds is 24. The molecule has 0 saturated heterocycles. The lowest BCUT2D eigenvalue weighted by Crippen LogP contribution is -2.32. The molecule has 0 radical (unpaired) electrons. The Morgan fingerprint density at radius 1 is 0.402 bits per heavy atom. The van der Waals surface area contributed by atoms with Crippen LogP contribution in [-0.2, 0) is 0 Å². The second-order valence-electron chi connectivity index (χ2n) is 23.1. The number of aromatic nitrogens is 3. The van der Waals surface area contributed by atoms with Crippen LogP contribution in [0.2, 0.25) is 20.1 Å². The highest BCUT2D eigenvalue weighted by Crippen LogP contribution is 2.32. The van der Waals surface area contributed by atoms with Gasteiger partial charge in [-0.3, -0.25) is 14.4 Å². The summed E-state index contributed by atoms with van der Waals surface area (Å²) < 4.78 is 0. The van der Waals surface area contributed by atoms with Crippen LogP contribution in [0.4, 0.5) is 17.5 Å². The lowest BCUT2D eigenvalue weighted by atomic mass is 10.0. The molecule has 0 bridgehead atoms. The number of nitrogen functional groups attached to an aromatic ring is 3. The van der Waals surface area contributed by atoms with E-state index in [1.807, 2.05) is 48.5 Å². The summed E-state index contributed by atoms with van der Waals surface area (Å²) in [6.07, 6.45) is 5.69. The number of aliphatic hydroxyl groups excluding tert-OH is 3. The summed E-state index contributed by atoms with van der Waals surface area (Å²) >= 11 is 24.7. The van der Waals surface area contributed by atoms with E-state index in [0.29, 0.717) is 129 Å². The first-order chi connectivity index (χ1) is 46.6. The highest BCUT2D eigenvalue weighted by Gasteiger charge is 2.17. The van der Waals surface area contributed by atoms with Crippen LogP contribution in [0.5, 0.6) is 0 Å². The number of Topliss-reactive ketones (excluding diaryl/α,β-unsaturated/α-hetero) is 3. The van der Waals surface area contributed by atoms with Crippen LogP contribution in [0.15, 0.2) is 140 Å². The number of pyridine rings is 3. The SMILES string of the molecule is CCN(CC)CC(O)CCC(=O)c1ccc(C#Cc2c(N)ncc3c(Cl)cc(Cl)cc23)cc1.CCN(CC)CC(O)CCC(=O)c1ccc(C#Cc2c(N)ncc3c(Cl)cccc23)cc1.CCN(CC)CC(O)CCC(=O)c1ccc(C#Cc2c(N)ncc3cc(Cl)ccc23)cc1. The average Bonchev–Trinajstić information content (AvgIpc) is 0.815. The van der Waals surface area contributed by atoms with E-state index in [9.17, 15) is 29.7 Å². The number of nitrogens with zero attached hydrogens (tertiary/aromatic N) is 6. The largest absolute Gasteiger partial charge is 0.392 e. The van der Waals surface area contributed by atoms with E-state index < -0.39 is 18.3 Å². The molecule has 0 aliphatic carbocycles. The minimum absolute atomic E-state index is 0.000104. The van der Waals surface area contributed by atoms with Gasteiger partial charge in [-0.05, 0) is 125 Å². The van der Waals surface area contributed by atoms with Crippen molar-refractivity contribution in [3.63, 3.8) is 0 Å². The Balaban J connectivity index is 0.000000205. The Labute approximate surface area is 589 Å². The molecule has 19 heteroatoms. The second kappa shape index (κ2) is 37.9. The van der Waals surface area contributed by atoms with Crippen molar-refractivity contribution < 1.29 is 29.7 Å².